The van der Waals surface area contributed by atoms with E-state index in [1.165, 1.54) is 50.4 Å². The van der Waals surface area contributed by atoms with E-state index in [0.717, 1.165) is 74.0 Å². The van der Waals surface area contributed by atoms with Crippen LogP contribution in [-0.4, -0.2) is 22.2 Å². The van der Waals surface area contributed by atoms with Gasteiger partial charge in [0, 0.05) is 19.5 Å². The zero-order chi connectivity index (χ0) is 25.7. The van der Waals surface area contributed by atoms with Gasteiger partial charge in [0.1, 0.15) is 0 Å². The van der Waals surface area contributed by atoms with Gasteiger partial charge in [-0.25, -0.2) is 0 Å². The standard InChI is InChI=1S/2C11H16O2.C10H14.Ru/c2*12-10(13)11-4-7-1-8(5-11)3-9(2-7)6-11;1-8(2)10-6-4-9(3)5-7-10;/h2*7-9H,1-6H2,(H,12,13);4-8H,1-3H3;. The zero-order valence-corrected chi connectivity index (χ0v) is 24.6. The number of rotatable bonds is 3. The molecule has 37 heavy (non-hydrogen) atoms. The second-order valence-corrected chi connectivity index (χ2v) is 14.1. The van der Waals surface area contributed by atoms with Crippen LogP contribution in [0, 0.1) is 89.8 Å². The van der Waals surface area contributed by atoms with Crippen molar-refractivity contribution in [3.05, 3.63) is 37.5 Å². The number of hydrogen-bond acceptors (Lipinski definition) is 2. The molecule has 9 saturated carbocycles. The Morgan fingerprint density at radius 3 is 1.14 bits per heavy atom. The molecule has 0 unspecified atom stereocenters. The first kappa shape index (κ1) is 29.5. The normalized spacial score (nSPS) is 43.4. The quantitative estimate of drug-likeness (QED) is 0.338. The number of carbonyl (C=O) groups is 2. The molecule has 5 heteroatoms. The Morgan fingerprint density at radius 1 is 0.649 bits per heavy atom. The van der Waals surface area contributed by atoms with Crippen molar-refractivity contribution in [1.29, 1.82) is 0 Å². The van der Waals surface area contributed by atoms with Crippen LogP contribution >= 0.6 is 0 Å². The molecule has 9 rings (SSSR count). The van der Waals surface area contributed by atoms with Gasteiger partial charge in [-0.1, -0.05) is 20.8 Å². The van der Waals surface area contributed by atoms with Gasteiger partial charge in [-0.2, -0.15) is 0 Å². The minimum absolute atomic E-state index is 0. The van der Waals surface area contributed by atoms with Crippen LogP contribution in [0.3, 0.4) is 0 Å². The molecule has 0 amide bonds. The number of aliphatic carboxylic acids is 2. The summed E-state index contributed by atoms with van der Waals surface area (Å²) in [5.41, 5.74) is -0.566. The molecule has 0 aliphatic heterocycles. The maximum Gasteiger partial charge on any atom is 0.309 e. The molecule has 9 fully saturated rings. The van der Waals surface area contributed by atoms with Crippen LogP contribution in [0.1, 0.15) is 97.8 Å². The van der Waals surface area contributed by atoms with E-state index in [2.05, 4.69) is 46.5 Å². The molecule has 8 bridgehead atoms. The van der Waals surface area contributed by atoms with Crippen molar-refractivity contribution in [3.8, 4) is 0 Å². The van der Waals surface area contributed by atoms with Gasteiger partial charge in [0.05, 0.1) is 10.8 Å². The van der Waals surface area contributed by atoms with Crippen LogP contribution in [-0.2, 0) is 29.1 Å². The first-order valence-corrected chi connectivity index (χ1v) is 14.6. The molecule has 206 valence electrons. The number of carboxylic acids is 2. The minimum Gasteiger partial charge on any atom is -0.481 e. The van der Waals surface area contributed by atoms with Gasteiger partial charge in [-0.15, -0.1) is 0 Å². The Balaban J connectivity index is 0.000000130. The summed E-state index contributed by atoms with van der Waals surface area (Å²) in [4.78, 5) is 22.5. The Kier molecular flexibility index (Phi) is 9.25. The maximum atomic E-state index is 11.3. The molecule has 0 spiro atoms. The summed E-state index contributed by atoms with van der Waals surface area (Å²) >= 11 is 0. The van der Waals surface area contributed by atoms with Gasteiger partial charge in [-0.3, -0.25) is 9.59 Å². The molecule has 0 aromatic rings. The summed E-state index contributed by atoms with van der Waals surface area (Å²) in [6.07, 6.45) is 22.6. The van der Waals surface area contributed by atoms with Gasteiger partial charge in [-0.05, 0) is 156 Å². The smallest absolute Gasteiger partial charge is 0.309 e. The van der Waals surface area contributed by atoms with Gasteiger partial charge in [0.25, 0.3) is 0 Å². The number of carboxylic acid groups (broad SMARTS) is 2. The summed E-state index contributed by atoms with van der Waals surface area (Å²) in [5, 5.41) is 18.6. The van der Waals surface area contributed by atoms with Gasteiger partial charge in [0.2, 0.25) is 0 Å². The Hall–Kier alpha value is -0.437. The average Bonchev–Trinajstić information content (AvgIpc) is 2.78. The third kappa shape index (κ3) is 6.33. The molecular weight excluding hydrogens is 549 g/mol. The fraction of sp³-hybridized carbons (Fsp3) is 0.750. The third-order valence-corrected chi connectivity index (χ3v) is 10.7. The maximum absolute atomic E-state index is 11.3. The van der Waals surface area contributed by atoms with Crippen LogP contribution in [0.25, 0.3) is 0 Å². The van der Waals surface area contributed by atoms with Crippen molar-refractivity contribution < 1.29 is 39.3 Å². The van der Waals surface area contributed by atoms with Gasteiger partial charge < -0.3 is 10.2 Å². The first-order valence-electron chi connectivity index (χ1n) is 14.6. The molecule has 6 radical (unpaired) electrons. The molecule has 0 heterocycles. The Morgan fingerprint density at radius 2 is 0.919 bits per heavy atom. The van der Waals surface area contributed by atoms with E-state index < -0.39 is 11.9 Å². The largest absolute Gasteiger partial charge is 0.481 e. The van der Waals surface area contributed by atoms with E-state index in [4.69, 9.17) is 0 Å². The molecule has 0 aromatic heterocycles. The third-order valence-electron chi connectivity index (χ3n) is 10.7. The van der Waals surface area contributed by atoms with Crippen LogP contribution in [0.15, 0.2) is 0 Å². The van der Waals surface area contributed by atoms with Crippen molar-refractivity contribution in [2.45, 2.75) is 97.8 Å². The van der Waals surface area contributed by atoms with Crippen LogP contribution in [0.5, 0.6) is 0 Å². The van der Waals surface area contributed by atoms with Gasteiger partial charge >= 0.3 is 11.9 Å². The van der Waals surface area contributed by atoms with Crippen LogP contribution in [0.4, 0.5) is 0 Å². The second-order valence-electron chi connectivity index (χ2n) is 14.1. The average molecular weight is 596 g/mol. The van der Waals surface area contributed by atoms with E-state index in [9.17, 15) is 19.8 Å². The summed E-state index contributed by atoms with van der Waals surface area (Å²) in [7, 11) is 0. The second kappa shape index (κ2) is 11.6. The van der Waals surface area contributed by atoms with Crippen molar-refractivity contribution >= 4 is 11.9 Å². The van der Waals surface area contributed by atoms with E-state index in [1.54, 1.807) is 0 Å². The van der Waals surface area contributed by atoms with Crippen molar-refractivity contribution in [3.63, 3.8) is 0 Å². The molecule has 4 nitrogen and oxygen atoms in total. The Labute approximate surface area is 238 Å². The molecule has 9 aliphatic rings. The fourth-order valence-corrected chi connectivity index (χ4v) is 9.70. The topological polar surface area (TPSA) is 74.6 Å². The van der Waals surface area contributed by atoms with Crippen molar-refractivity contribution in [1.82, 2.24) is 0 Å². The zero-order valence-electron chi connectivity index (χ0n) is 22.9. The summed E-state index contributed by atoms with van der Waals surface area (Å²) in [5.74, 6) is 6.91. The first-order chi connectivity index (χ1) is 17.1. The summed E-state index contributed by atoms with van der Waals surface area (Å²) in [6.45, 7) is 6.54. The summed E-state index contributed by atoms with van der Waals surface area (Å²) < 4.78 is 0. The van der Waals surface area contributed by atoms with Crippen LogP contribution in [0.2, 0.25) is 0 Å². The van der Waals surface area contributed by atoms with E-state index in [1.807, 2.05) is 0 Å². The molecular formula is C32H46O4Ru. The van der Waals surface area contributed by atoms with Crippen molar-refractivity contribution in [2.75, 3.05) is 0 Å². The fourth-order valence-electron chi connectivity index (χ4n) is 9.70. The van der Waals surface area contributed by atoms with E-state index >= 15 is 0 Å². The molecule has 2 N–H and O–H groups in total. The molecule has 9 aliphatic carbocycles. The number of hydrogen-bond donors (Lipinski definition) is 2. The van der Waals surface area contributed by atoms with Crippen molar-refractivity contribution in [2.24, 2.45) is 52.3 Å². The van der Waals surface area contributed by atoms with E-state index in [-0.39, 0.29) is 30.3 Å². The van der Waals surface area contributed by atoms with Crippen LogP contribution < -0.4 is 0 Å². The predicted molar refractivity (Wildman–Crippen MR) is 141 cm³/mol. The van der Waals surface area contributed by atoms with E-state index in [0.29, 0.717) is 5.92 Å². The monoisotopic (exact) mass is 596 g/mol. The SMILES string of the molecule is C[C]1[CH][CH][C](C(C)C)[CH][CH]1.O=C(O)C12CC3CC(CC(C3)C1)C2.O=C(O)C12CC3CC(CC(C3)C1)C2.[Ru]. The van der Waals surface area contributed by atoms with Gasteiger partial charge in [0.15, 0.2) is 0 Å². The minimum atomic E-state index is -0.508. The molecule has 0 saturated heterocycles. The Bertz CT molecular complexity index is 687. The molecule has 0 atom stereocenters. The predicted octanol–water partition coefficient (Wildman–Crippen LogP) is 7.21. The summed E-state index contributed by atoms with van der Waals surface area (Å²) in [6, 6.07) is 0. The molecule has 0 aromatic carbocycles.